The summed E-state index contributed by atoms with van der Waals surface area (Å²) in [4.78, 5) is 36.6. The van der Waals surface area contributed by atoms with Gasteiger partial charge in [0.2, 0.25) is 10.0 Å². The lowest BCUT2D eigenvalue weighted by Crippen LogP contribution is -2.46. The zero-order chi connectivity index (χ0) is 23.2. The number of esters is 1. The summed E-state index contributed by atoms with van der Waals surface area (Å²) in [6, 6.07) is 3.22. The molecule has 0 fully saturated rings. The van der Waals surface area contributed by atoms with Gasteiger partial charge in [-0.2, -0.15) is 0 Å². The van der Waals surface area contributed by atoms with Crippen LogP contribution in [0.5, 0.6) is 5.75 Å². The van der Waals surface area contributed by atoms with E-state index in [0.29, 0.717) is 27.5 Å². The Morgan fingerprint density at radius 1 is 1.16 bits per heavy atom. The lowest BCUT2D eigenvalue weighted by molar-refractivity contribution is 0.0526. The molecule has 1 N–H and O–H groups in total. The van der Waals surface area contributed by atoms with Crippen LogP contribution in [-0.2, 0) is 14.8 Å². The molecule has 0 radical (unpaired) electrons. The molecule has 0 aliphatic carbocycles. The molecular weight excluding hydrogens is 428 g/mol. The number of sulfonamides is 1. The van der Waals surface area contributed by atoms with E-state index in [1.807, 2.05) is 12.2 Å². The molecule has 1 aromatic heterocycles. The Morgan fingerprint density at radius 2 is 1.87 bits per heavy atom. The Balaban J connectivity index is 2.16. The molecule has 2 rings (SSSR count). The first-order chi connectivity index (χ1) is 14.6. The number of hydrogen-bond acceptors (Lipinski definition) is 8. The van der Waals surface area contributed by atoms with Gasteiger partial charge in [-0.1, -0.05) is 19.8 Å². The number of carbonyl (C=O) groups excluding carboxylic acids is 3. The molecule has 1 heterocycles. The average molecular weight is 455 g/mol. The average Bonchev–Trinajstić information content (AvgIpc) is 2.99. The number of amides is 3. The van der Waals surface area contributed by atoms with Gasteiger partial charge >= 0.3 is 18.1 Å². The summed E-state index contributed by atoms with van der Waals surface area (Å²) < 4.78 is 40.0. The van der Waals surface area contributed by atoms with Crippen molar-refractivity contribution < 1.29 is 36.7 Å². The van der Waals surface area contributed by atoms with Crippen LogP contribution in [0.4, 0.5) is 9.59 Å². The summed E-state index contributed by atoms with van der Waals surface area (Å²) in [6.45, 7) is 5.35. The highest BCUT2D eigenvalue weighted by molar-refractivity contribution is 7.88. The number of urea groups is 1. The van der Waals surface area contributed by atoms with Crippen LogP contribution in [0.1, 0.15) is 49.2 Å². The maximum Gasteiger partial charge on any atom is 0.420 e. The molecule has 10 nitrogen and oxygen atoms in total. The highest BCUT2D eigenvalue weighted by atomic mass is 32.2. The van der Waals surface area contributed by atoms with Gasteiger partial charge in [0.25, 0.3) is 0 Å². The highest BCUT2D eigenvalue weighted by Gasteiger charge is 2.25. The van der Waals surface area contributed by atoms with Gasteiger partial charge in [0, 0.05) is 11.9 Å². The van der Waals surface area contributed by atoms with E-state index < -0.39 is 28.1 Å². The van der Waals surface area contributed by atoms with Crippen LogP contribution in [0, 0.1) is 6.92 Å². The van der Waals surface area contributed by atoms with E-state index in [1.54, 1.807) is 13.8 Å². The number of carbonyl (C=O) groups is 3. The third-order valence-electron chi connectivity index (χ3n) is 4.33. The molecule has 0 spiro atoms. The Labute approximate surface area is 180 Å². The summed E-state index contributed by atoms with van der Waals surface area (Å²) >= 11 is 0. The van der Waals surface area contributed by atoms with Crippen LogP contribution in [0.15, 0.2) is 22.6 Å². The molecule has 11 heteroatoms. The van der Waals surface area contributed by atoms with Crippen LogP contribution >= 0.6 is 0 Å². The van der Waals surface area contributed by atoms with E-state index in [9.17, 15) is 22.8 Å². The number of ether oxygens (including phenoxy) is 2. The van der Waals surface area contributed by atoms with E-state index in [1.165, 1.54) is 18.2 Å². The number of nitrogens with zero attached hydrogens (tertiary/aromatic N) is 1. The van der Waals surface area contributed by atoms with E-state index >= 15 is 0 Å². The second kappa shape index (κ2) is 10.3. The lowest BCUT2D eigenvalue weighted by atomic mass is 10.1. The second-order valence-corrected chi connectivity index (χ2v) is 8.68. The first-order valence-electron chi connectivity index (χ1n) is 9.79. The SMILES string of the molecule is CCCCCN(C(=O)NC(=O)Oc1ccc2oc(C)c(C(=O)OCC)c2c1)S(C)(=O)=O. The number of nitrogens with one attached hydrogen (secondary N) is 1. The van der Waals surface area contributed by atoms with Crippen LogP contribution in [0.25, 0.3) is 11.0 Å². The maximum atomic E-state index is 12.3. The van der Waals surface area contributed by atoms with Crippen molar-refractivity contribution in [2.75, 3.05) is 19.4 Å². The number of unbranched alkanes of at least 4 members (excludes halogenated alkanes) is 2. The van der Waals surface area contributed by atoms with Crippen LogP contribution < -0.4 is 10.1 Å². The van der Waals surface area contributed by atoms with Crippen molar-refractivity contribution >= 4 is 39.1 Å². The molecule has 0 aliphatic heterocycles. The Kier molecular flexibility index (Phi) is 8.03. The van der Waals surface area contributed by atoms with Gasteiger partial charge in [0.05, 0.1) is 12.9 Å². The molecular formula is C20H26N2O8S. The summed E-state index contributed by atoms with van der Waals surface area (Å²) in [7, 11) is -3.86. The first-order valence-corrected chi connectivity index (χ1v) is 11.6. The van der Waals surface area contributed by atoms with Crippen molar-refractivity contribution in [3.63, 3.8) is 0 Å². The van der Waals surface area contributed by atoms with Crippen molar-refractivity contribution in [3.8, 4) is 5.75 Å². The molecule has 170 valence electrons. The van der Waals surface area contributed by atoms with Gasteiger partial charge < -0.3 is 13.9 Å². The van der Waals surface area contributed by atoms with E-state index in [4.69, 9.17) is 13.9 Å². The Bertz CT molecular complexity index is 1070. The number of rotatable bonds is 8. The van der Waals surface area contributed by atoms with Gasteiger partial charge in [-0.05, 0) is 38.5 Å². The molecule has 0 atom stereocenters. The van der Waals surface area contributed by atoms with Crippen LogP contribution in [0.2, 0.25) is 0 Å². The standard InChI is InChI=1S/C20H26N2O8S/c1-5-7-8-11-22(31(4,26)27)19(24)21-20(25)30-14-9-10-16-15(12-14)17(13(3)29-16)18(23)28-6-2/h9-10,12H,5-8,11H2,1-4H3,(H,21,24,25). The van der Waals surface area contributed by atoms with E-state index in [2.05, 4.69) is 0 Å². The topological polar surface area (TPSA) is 132 Å². The molecule has 0 bridgehead atoms. The fourth-order valence-corrected chi connectivity index (χ4v) is 3.73. The minimum atomic E-state index is -3.86. The zero-order valence-corrected chi connectivity index (χ0v) is 18.7. The van der Waals surface area contributed by atoms with Gasteiger partial charge in [-0.15, -0.1) is 0 Å². The normalized spacial score (nSPS) is 11.2. The van der Waals surface area contributed by atoms with E-state index in [-0.39, 0.29) is 24.5 Å². The number of imide groups is 1. The van der Waals surface area contributed by atoms with Gasteiger partial charge in [-0.3, -0.25) is 0 Å². The van der Waals surface area contributed by atoms with Gasteiger partial charge in [0.15, 0.2) is 0 Å². The highest BCUT2D eigenvalue weighted by Crippen LogP contribution is 2.29. The van der Waals surface area contributed by atoms with Gasteiger partial charge in [0.1, 0.15) is 22.7 Å². The van der Waals surface area contributed by atoms with Crippen molar-refractivity contribution in [3.05, 3.63) is 29.5 Å². The van der Waals surface area contributed by atoms with Crippen LogP contribution in [0.3, 0.4) is 0 Å². The third-order valence-corrected chi connectivity index (χ3v) is 5.48. The number of furan rings is 1. The molecule has 0 aliphatic rings. The summed E-state index contributed by atoms with van der Waals surface area (Å²) in [6.07, 6.45) is 1.77. The molecule has 0 saturated heterocycles. The monoisotopic (exact) mass is 454 g/mol. The minimum Gasteiger partial charge on any atom is -0.462 e. The van der Waals surface area contributed by atoms with Crippen molar-refractivity contribution in [1.29, 1.82) is 0 Å². The minimum absolute atomic E-state index is 0.0287. The number of aryl methyl sites for hydroxylation is 1. The second-order valence-electron chi connectivity index (χ2n) is 6.77. The van der Waals surface area contributed by atoms with Crippen molar-refractivity contribution in [2.24, 2.45) is 0 Å². The Hall–Kier alpha value is -3.08. The summed E-state index contributed by atoms with van der Waals surface area (Å²) in [5.74, 6) is -0.200. The first kappa shape index (κ1) is 24.2. The largest absolute Gasteiger partial charge is 0.462 e. The third kappa shape index (κ3) is 6.20. The molecule has 3 amide bonds. The molecule has 2 aromatic rings. The predicted octanol–water partition coefficient (Wildman–Crippen LogP) is 3.58. The summed E-state index contributed by atoms with van der Waals surface area (Å²) in [5, 5.41) is 2.28. The fourth-order valence-electron chi connectivity index (χ4n) is 2.93. The smallest absolute Gasteiger partial charge is 0.420 e. The molecule has 1 aromatic carbocycles. The molecule has 0 saturated carbocycles. The summed E-state index contributed by atoms with van der Waals surface area (Å²) in [5.41, 5.74) is 0.599. The number of benzene rings is 1. The fraction of sp³-hybridized carbons (Fsp3) is 0.450. The van der Waals surface area contributed by atoms with Crippen molar-refractivity contribution in [2.45, 2.75) is 40.0 Å². The van der Waals surface area contributed by atoms with Gasteiger partial charge in [-0.25, -0.2) is 32.4 Å². The zero-order valence-electron chi connectivity index (χ0n) is 17.9. The number of hydrogen-bond donors (Lipinski definition) is 1. The van der Waals surface area contributed by atoms with Crippen LogP contribution in [-0.4, -0.2) is 50.2 Å². The Morgan fingerprint density at radius 3 is 2.48 bits per heavy atom. The molecule has 0 unspecified atom stereocenters. The van der Waals surface area contributed by atoms with E-state index in [0.717, 1.165) is 19.1 Å². The van der Waals surface area contributed by atoms with Crippen molar-refractivity contribution in [1.82, 2.24) is 9.62 Å². The maximum absolute atomic E-state index is 12.3. The quantitative estimate of drug-likeness (QED) is 0.473. The molecule has 31 heavy (non-hydrogen) atoms. The lowest BCUT2D eigenvalue weighted by Gasteiger charge is -2.19. The number of fused-ring (bicyclic) bond motifs is 1. The predicted molar refractivity (Wildman–Crippen MR) is 113 cm³/mol.